The standard InChI is InChI=1S/C31H36N4/c1-30(2,3)23-13-15-32-26(19-23)28-17-22(21-9-11-25(12-10-21)35(7)8)18-29(34-28)27-20-24(14-16-33-27)31(4,5)6/h9-20H,1-8H3. The number of aromatic nitrogens is 3. The van der Waals surface area contributed by atoms with Crippen molar-refractivity contribution in [3.8, 4) is 33.9 Å². The first-order valence-corrected chi connectivity index (χ1v) is 12.2. The van der Waals surface area contributed by atoms with E-state index >= 15 is 0 Å². The second kappa shape index (κ2) is 9.26. The lowest BCUT2D eigenvalue weighted by Gasteiger charge is -2.20. The summed E-state index contributed by atoms with van der Waals surface area (Å²) in [7, 11) is 4.11. The number of anilines is 1. The number of rotatable bonds is 4. The number of hydrogen-bond acceptors (Lipinski definition) is 4. The van der Waals surface area contributed by atoms with Crippen LogP contribution >= 0.6 is 0 Å². The summed E-state index contributed by atoms with van der Waals surface area (Å²) >= 11 is 0. The zero-order valence-corrected chi connectivity index (χ0v) is 22.2. The van der Waals surface area contributed by atoms with Crippen molar-refractivity contribution in [2.75, 3.05) is 19.0 Å². The molecule has 0 aliphatic rings. The summed E-state index contributed by atoms with van der Waals surface area (Å²) in [6.45, 7) is 13.3. The normalized spacial score (nSPS) is 12.0. The van der Waals surface area contributed by atoms with Gasteiger partial charge in [-0.25, -0.2) is 4.98 Å². The van der Waals surface area contributed by atoms with Crippen molar-refractivity contribution in [1.82, 2.24) is 15.0 Å². The molecule has 4 aromatic rings. The van der Waals surface area contributed by atoms with Crippen LogP contribution in [0.2, 0.25) is 0 Å². The Morgan fingerprint density at radius 1 is 0.543 bits per heavy atom. The molecule has 0 amide bonds. The van der Waals surface area contributed by atoms with Gasteiger partial charge in [0.25, 0.3) is 0 Å². The molecule has 0 saturated carbocycles. The van der Waals surface area contributed by atoms with Crippen molar-refractivity contribution in [2.24, 2.45) is 0 Å². The highest BCUT2D eigenvalue weighted by atomic mass is 15.1. The second-order valence-corrected chi connectivity index (χ2v) is 11.4. The molecule has 4 rings (SSSR count). The Hall–Kier alpha value is -3.53. The molecule has 0 radical (unpaired) electrons. The summed E-state index contributed by atoms with van der Waals surface area (Å²) in [5, 5.41) is 0. The topological polar surface area (TPSA) is 41.9 Å². The van der Waals surface area contributed by atoms with Gasteiger partial charge in [0.2, 0.25) is 0 Å². The molecule has 4 nitrogen and oxygen atoms in total. The van der Waals surface area contributed by atoms with Crippen molar-refractivity contribution in [3.05, 3.63) is 84.2 Å². The molecule has 0 aliphatic carbocycles. The molecule has 3 aromatic heterocycles. The van der Waals surface area contributed by atoms with Gasteiger partial charge in [0, 0.05) is 32.2 Å². The fourth-order valence-corrected chi connectivity index (χ4v) is 3.99. The molecule has 180 valence electrons. The first-order chi connectivity index (χ1) is 16.4. The van der Waals surface area contributed by atoms with Crippen LogP contribution in [0.15, 0.2) is 73.1 Å². The van der Waals surface area contributed by atoms with Crippen LogP contribution in [0.4, 0.5) is 5.69 Å². The maximum absolute atomic E-state index is 5.06. The lowest BCUT2D eigenvalue weighted by molar-refractivity contribution is 0.589. The summed E-state index contributed by atoms with van der Waals surface area (Å²) in [5.74, 6) is 0. The summed E-state index contributed by atoms with van der Waals surface area (Å²) in [5.41, 5.74) is 9.38. The van der Waals surface area contributed by atoms with E-state index in [2.05, 4.69) is 121 Å². The van der Waals surface area contributed by atoms with Crippen molar-refractivity contribution >= 4 is 5.69 Å². The summed E-state index contributed by atoms with van der Waals surface area (Å²) in [6.07, 6.45) is 3.77. The molecule has 0 aliphatic heterocycles. The molecule has 0 saturated heterocycles. The molecule has 35 heavy (non-hydrogen) atoms. The minimum absolute atomic E-state index is 0.0305. The summed E-state index contributed by atoms with van der Waals surface area (Å²) in [6, 6.07) is 21.4. The zero-order valence-electron chi connectivity index (χ0n) is 22.2. The van der Waals surface area contributed by atoms with Gasteiger partial charge in [-0.05, 0) is 81.6 Å². The van der Waals surface area contributed by atoms with Crippen LogP contribution in [0, 0.1) is 0 Å². The van der Waals surface area contributed by atoms with Crippen molar-refractivity contribution < 1.29 is 0 Å². The van der Waals surface area contributed by atoms with Crippen LogP contribution in [0.25, 0.3) is 33.9 Å². The van der Waals surface area contributed by atoms with Gasteiger partial charge in [-0.15, -0.1) is 0 Å². The molecule has 0 fully saturated rings. The highest BCUT2D eigenvalue weighted by Crippen LogP contribution is 2.33. The van der Waals surface area contributed by atoms with Gasteiger partial charge in [-0.3, -0.25) is 9.97 Å². The van der Waals surface area contributed by atoms with E-state index in [4.69, 9.17) is 15.0 Å². The fourth-order valence-electron chi connectivity index (χ4n) is 3.99. The minimum Gasteiger partial charge on any atom is -0.378 e. The van der Waals surface area contributed by atoms with Crippen LogP contribution in [0.5, 0.6) is 0 Å². The van der Waals surface area contributed by atoms with Crippen molar-refractivity contribution in [2.45, 2.75) is 52.4 Å². The number of benzene rings is 1. The smallest absolute Gasteiger partial charge is 0.0900 e. The molecular formula is C31H36N4. The molecular weight excluding hydrogens is 428 g/mol. The molecule has 1 aromatic carbocycles. The number of hydrogen-bond donors (Lipinski definition) is 0. The van der Waals surface area contributed by atoms with E-state index in [0.29, 0.717) is 0 Å². The van der Waals surface area contributed by atoms with Crippen molar-refractivity contribution in [1.29, 1.82) is 0 Å². The fraction of sp³-hybridized carbons (Fsp3) is 0.323. The third-order valence-corrected chi connectivity index (χ3v) is 6.32. The lowest BCUT2D eigenvalue weighted by Crippen LogP contribution is -2.11. The third kappa shape index (κ3) is 5.59. The quantitative estimate of drug-likeness (QED) is 0.313. The number of pyridine rings is 3. The van der Waals surface area contributed by atoms with Gasteiger partial charge >= 0.3 is 0 Å². The lowest BCUT2D eigenvalue weighted by atomic mass is 9.87. The van der Waals surface area contributed by atoms with Gasteiger partial charge in [0.15, 0.2) is 0 Å². The highest BCUT2D eigenvalue weighted by Gasteiger charge is 2.18. The summed E-state index contributed by atoms with van der Waals surface area (Å²) in [4.78, 5) is 16.6. The Labute approximate surface area is 210 Å². The molecule has 0 N–H and O–H groups in total. The average molecular weight is 465 g/mol. The van der Waals surface area contributed by atoms with Gasteiger partial charge in [0.1, 0.15) is 0 Å². The molecule has 0 unspecified atom stereocenters. The predicted molar refractivity (Wildman–Crippen MR) is 148 cm³/mol. The van der Waals surface area contributed by atoms with Gasteiger partial charge in [-0.1, -0.05) is 53.7 Å². The van der Waals surface area contributed by atoms with Crippen LogP contribution < -0.4 is 4.90 Å². The third-order valence-electron chi connectivity index (χ3n) is 6.32. The highest BCUT2D eigenvalue weighted by molar-refractivity contribution is 5.76. The first kappa shape index (κ1) is 24.6. The Bertz CT molecular complexity index is 1250. The molecule has 4 heteroatoms. The molecule has 0 spiro atoms. The predicted octanol–water partition coefficient (Wildman–Crippen LogP) is 7.53. The minimum atomic E-state index is 0.0305. The Morgan fingerprint density at radius 3 is 1.40 bits per heavy atom. The first-order valence-electron chi connectivity index (χ1n) is 12.2. The van der Waals surface area contributed by atoms with E-state index in [1.807, 2.05) is 12.4 Å². The van der Waals surface area contributed by atoms with Gasteiger partial charge in [-0.2, -0.15) is 0 Å². The SMILES string of the molecule is CN(C)c1ccc(-c2cc(-c3cc(C(C)(C)C)ccn3)nc(-c3cc(C(C)(C)C)ccn3)c2)cc1. The second-order valence-electron chi connectivity index (χ2n) is 11.4. The maximum atomic E-state index is 5.06. The van der Waals surface area contributed by atoms with E-state index in [1.165, 1.54) is 16.8 Å². The van der Waals surface area contributed by atoms with Crippen molar-refractivity contribution in [3.63, 3.8) is 0 Å². The van der Waals surface area contributed by atoms with Gasteiger partial charge in [0.05, 0.1) is 22.8 Å². The Morgan fingerprint density at radius 2 is 1.00 bits per heavy atom. The van der Waals surface area contributed by atoms with Crippen LogP contribution in [0.1, 0.15) is 52.7 Å². The largest absolute Gasteiger partial charge is 0.378 e. The van der Waals surface area contributed by atoms with E-state index in [1.54, 1.807) is 0 Å². The molecule has 3 heterocycles. The monoisotopic (exact) mass is 464 g/mol. The Kier molecular flexibility index (Phi) is 6.50. The van der Waals surface area contributed by atoms with Crippen LogP contribution in [0.3, 0.4) is 0 Å². The number of nitrogens with zero attached hydrogens (tertiary/aromatic N) is 4. The van der Waals surface area contributed by atoms with Crippen LogP contribution in [-0.4, -0.2) is 29.0 Å². The van der Waals surface area contributed by atoms with E-state index < -0.39 is 0 Å². The Balaban J connectivity index is 1.90. The zero-order chi connectivity index (χ0) is 25.4. The average Bonchev–Trinajstić information content (AvgIpc) is 2.83. The van der Waals surface area contributed by atoms with Gasteiger partial charge < -0.3 is 4.90 Å². The maximum Gasteiger partial charge on any atom is 0.0900 e. The summed E-state index contributed by atoms with van der Waals surface area (Å²) < 4.78 is 0. The van der Waals surface area contributed by atoms with E-state index in [-0.39, 0.29) is 10.8 Å². The molecule has 0 bridgehead atoms. The van der Waals surface area contributed by atoms with E-state index in [9.17, 15) is 0 Å². The van der Waals surface area contributed by atoms with Crippen LogP contribution in [-0.2, 0) is 10.8 Å². The van der Waals surface area contributed by atoms with E-state index in [0.717, 1.165) is 33.9 Å². The molecule has 0 atom stereocenters.